The second kappa shape index (κ2) is 6.25. The number of fused-ring (bicyclic) bond motifs is 2. The third-order valence-corrected chi connectivity index (χ3v) is 4.85. The van der Waals surface area contributed by atoms with Crippen molar-refractivity contribution in [2.45, 2.75) is 63.8 Å². The number of hydrogen-bond donors (Lipinski definition) is 1. The average molecular weight is 351 g/mol. The summed E-state index contributed by atoms with van der Waals surface area (Å²) < 4.78 is 25.5. The minimum absolute atomic E-state index is 0.227. The van der Waals surface area contributed by atoms with E-state index in [2.05, 4.69) is 0 Å². The van der Waals surface area contributed by atoms with Gasteiger partial charge in [-0.05, 0) is 39.3 Å². The van der Waals surface area contributed by atoms with Crippen LogP contribution in [0.2, 0.25) is 0 Å². The van der Waals surface area contributed by atoms with Gasteiger partial charge in [0, 0.05) is 18.4 Å². The van der Waals surface area contributed by atoms with Gasteiger partial charge in [-0.2, -0.15) is 0 Å². The summed E-state index contributed by atoms with van der Waals surface area (Å²) >= 11 is 0. The van der Waals surface area contributed by atoms with Crippen LogP contribution in [0.15, 0.2) is 18.2 Å². The van der Waals surface area contributed by atoms with E-state index in [0.717, 1.165) is 0 Å². The Labute approximate surface area is 147 Å². The van der Waals surface area contributed by atoms with Crippen LogP contribution in [-0.4, -0.2) is 47.0 Å². The van der Waals surface area contributed by atoms with Crippen molar-refractivity contribution < 1.29 is 23.8 Å². The first kappa shape index (κ1) is 18.1. The molecule has 5 nitrogen and oxygen atoms in total. The minimum Gasteiger partial charge on any atom is -0.444 e. The van der Waals surface area contributed by atoms with Crippen LogP contribution in [0.4, 0.5) is 9.18 Å². The van der Waals surface area contributed by atoms with E-state index in [4.69, 9.17) is 9.47 Å². The smallest absolute Gasteiger partial charge is 0.410 e. The van der Waals surface area contributed by atoms with Crippen molar-refractivity contribution in [2.24, 2.45) is 0 Å². The first-order chi connectivity index (χ1) is 11.6. The Morgan fingerprint density at radius 2 is 1.92 bits per heavy atom. The normalized spacial score (nSPS) is 29.4. The first-order valence-electron chi connectivity index (χ1n) is 8.68. The van der Waals surface area contributed by atoms with Crippen LogP contribution in [0.5, 0.6) is 0 Å². The highest BCUT2D eigenvalue weighted by Gasteiger charge is 2.51. The molecule has 0 spiro atoms. The quantitative estimate of drug-likeness (QED) is 0.845. The summed E-state index contributed by atoms with van der Waals surface area (Å²) in [7, 11) is 0. The number of halogens is 1. The van der Waals surface area contributed by atoms with E-state index in [1.165, 1.54) is 6.07 Å². The van der Waals surface area contributed by atoms with Gasteiger partial charge in [0.15, 0.2) is 0 Å². The van der Waals surface area contributed by atoms with Crippen molar-refractivity contribution in [3.63, 3.8) is 0 Å². The molecule has 0 aliphatic carbocycles. The van der Waals surface area contributed by atoms with Crippen LogP contribution in [0, 0.1) is 12.7 Å². The molecule has 1 amide bonds. The highest BCUT2D eigenvalue weighted by Crippen LogP contribution is 2.43. The van der Waals surface area contributed by atoms with E-state index >= 15 is 0 Å². The zero-order valence-corrected chi connectivity index (χ0v) is 15.2. The number of hydrogen-bond acceptors (Lipinski definition) is 4. The van der Waals surface area contributed by atoms with Gasteiger partial charge in [0.25, 0.3) is 0 Å². The fraction of sp³-hybridized carbons (Fsp3) is 0.632. The SMILES string of the molecule is Cc1cccc(F)c1C1(O)CC2COCC(C1)N2C(=O)OC(C)(C)C. The van der Waals surface area contributed by atoms with Crippen LogP contribution in [0.3, 0.4) is 0 Å². The van der Waals surface area contributed by atoms with Gasteiger partial charge in [-0.25, -0.2) is 9.18 Å². The van der Waals surface area contributed by atoms with Crippen LogP contribution < -0.4 is 0 Å². The van der Waals surface area contributed by atoms with Crippen molar-refractivity contribution in [1.29, 1.82) is 0 Å². The average Bonchev–Trinajstić information content (AvgIpc) is 2.43. The molecular formula is C19H26FNO4. The van der Waals surface area contributed by atoms with Gasteiger partial charge >= 0.3 is 6.09 Å². The van der Waals surface area contributed by atoms with Gasteiger partial charge in [0.2, 0.25) is 0 Å². The fourth-order valence-corrected chi connectivity index (χ4v) is 4.01. The summed E-state index contributed by atoms with van der Waals surface area (Å²) in [5.41, 5.74) is -0.863. The number of carbonyl (C=O) groups excluding carboxylic acids is 1. The van der Waals surface area contributed by atoms with Crippen LogP contribution in [0.25, 0.3) is 0 Å². The molecule has 2 aliphatic rings. The lowest BCUT2D eigenvalue weighted by molar-refractivity contribution is -0.142. The van der Waals surface area contributed by atoms with Gasteiger partial charge < -0.3 is 14.6 Å². The van der Waals surface area contributed by atoms with Crippen molar-refractivity contribution in [3.8, 4) is 0 Å². The van der Waals surface area contributed by atoms with E-state index in [1.54, 1.807) is 24.0 Å². The predicted octanol–water partition coefficient (Wildman–Crippen LogP) is 3.12. The topological polar surface area (TPSA) is 59.0 Å². The zero-order valence-electron chi connectivity index (χ0n) is 15.2. The lowest BCUT2D eigenvalue weighted by atomic mass is 9.75. The van der Waals surface area contributed by atoms with E-state index in [0.29, 0.717) is 24.3 Å². The van der Waals surface area contributed by atoms with E-state index in [1.807, 2.05) is 20.8 Å². The monoisotopic (exact) mass is 351 g/mol. The van der Waals surface area contributed by atoms with Crippen molar-refractivity contribution in [2.75, 3.05) is 13.2 Å². The first-order valence-corrected chi connectivity index (χ1v) is 8.68. The number of rotatable bonds is 1. The van der Waals surface area contributed by atoms with Gasteiger partial charge in [-0.1, -0.05) is 12.1 Å². The molecule has 2 aliphatic heterocycles. The van der Waals surface area contributed by atoms with Gasteiger partial charge in [-0.15, -0.1) is 0 Å². The maximum Gasteiger partial charge on any atom is 0.410 e. The molecule has 2 heterocycles. The molecule has 1 aromatic carbocycles. The highest BCUT2D eigenvalue weighted by atomic mass is 19.1. The van der Waals surface area contributed by atoms with Gasteiger partial charge in [0.1, 0.15) is 11.4 Å². The molecule has 2 unspecified atom stereocenters. The van der Waals surface area contributed by atoms with Crippen molar-refractivity contribution in [3.05, 3.63) is 35.1 Å². The Kier molecular flexibility index (Phi) is 4.54. The molecule has 1 aromatic rings. The molecule has 2 bridgehead atoms. The zero-order chi connectivity index (χ0) is 18.4. The Hall–Kier alpha value is -1.66. The number of aliphatic hydroxyl groups is 1. The Balaban J connectivity index is 1.90. The number of morpholine rings is 1. The van der Waals surface area contributed by atoms with E-state index < -0.39 is 23.1 Å². The molecule has 3 rings (SSSR count). The summed E-state index contributed by atoms with van der Waals surface area (Å²) in [6.45, 7) is 7.88. The lowest BCUT2D eigenvalue weighted by Gasteiger charge is -2.51. The number of nitrogens with zero attached hydrogens (tertiary/aromatic N) is 1. The molecule has 2 atom stereocenters. The molecule has 138 valence electrons. The number of aryl methyl sites for hydroxylation is 1. The van der Waals surface area contributed by atoms with Crippen molar-refractivity contribution >= 4 is 6.09 Å². The second-order valence-corrected chi connectivity index (χ2v) is 8.10. The summed E-state index contributed by atoms with van der Waals surface area (Å²) in [6.07, 6.45) is 0.0489. The Morgan fingerprint density at radius 1 is 1.32 bits per heavy atom. The third kappa shape index (κ3) is 3.51. The standard InChI is InChI=1S/C19H26FNO4/c1-12-6-5-7-15(20)16(12)19(23)8-13-10-24-11-14(9-19)21(13)17(22)25-18(2,3)4/h5-7,13-14,23H,8-11H2,1-4H3. The maximum atomic E-state index is 14.4. The van der Waals surface area contributed by atoms with Crippen LogP contribution >= 0.6 is 0 Å². The predicted molar refractivity (Wildman–Crippen MR) is 90.7 cm³/mol. The molecule has 0 radical (unpaired) electrons. The number of carbonyl (C=O) groups is 1. The van der Waals surface area contributed by atoms with Gasteiger partial charge in [0.05, 0.1) is 30.9 Å². The largest absolute Gasteiger partial charge is 0.444 e. The summed E-state index contributed by atoms with van der Waals surface area (Å²) in [5, 5.41) is 11.3. The molecule has 1 N–H and O–H groups in total. The number of amides is 1. The van der Waals surface area contributed by atoms with Gasteiger partial charge in [-0.3, -0.25) is 4.90 Å². The lowest BCUT2D eigenvalue weighted by Crippen LogP contribution is -2.63. The second-order valence-electron chi connectivity index (χ2n) is 8.10. The summed E-state index contributed by atoms with van der Waals surface area (Å²) in [5.74, 6) is -0.410. The van der Waals surface area contributed by atoms with Crippen LogP contribution in [-0.2, 0) is 15.1 Å². The third-order valence-electron chi connectivity index (χ3n) is 4.85. The maximum absolute atomic E-state index is 14.4. The van der Waals surface area contributed by atoms with Crippen molar-refractivity contribution in [1.82, 2.24) is 4.90 Å². The summed E-state index contributed by atoms with van der Waals surface area (Å²) in [6, 6.07) is 4.12. The number of piperidine rings is 1. The van der Waals surface area contributed by atoms with E-state index in [-0.39, 0.29) is 24.9 Å². The molecular weight excluding hydrogens is 325 g/mol. The molecule has 0 saturated carbocycles. The number of ether oxygens (including phenoxy) is 2. The molecule has 25 heavy (non-hydrogen) atoms. The molecule has 6 heteroatoms. The minimum atomic E-state index is -1.31. The molecule has 2 saturated heterocycles. The molecule has 0 aromatic heterocycles. The fourth-order valence-electron chi connectivity index (χ4n) is 4.01. The number of benzene rings is 1. The Bertz CT molecular complexity index is 636. The molecule has 2 fully saturated rings. The van der Waals surface area contributed by atoms with E-state index in [9.17, 15) is 14.3 Å². The Morgan fingerprint density at radius 3 is 2.44 bits per heavy atom. The van der Waals surface area contributed by atoms with Crippen LogP contribution in [0.1, 0.15) is 44.7 Å². The summed E-state index contributed by atoms with van der Waals surface area (Å²) in [4.78, 5) is 14.3. The highest BCUT2D eigenvalue weighted by molar-refractivity contribution is 5.69.